The normalized spacial score (nSPS) is 23.0. The highest BCUT2D eigenvalue weighted by molar-refractivity contribution is 7.89. The number of amides is 1. The molecule has 2 rings (SSSR count). The molecule has 1 amide bonds. The van der Waals surface area contributed by atoms with Crippen LogP contribution < -0.4 is 11.1 Å². The second-order valence-corrected chi connectivity index (χ2v) is 9.11. The summed E-state index contributed by atoms with van der Waals surface area (Å²) in [5.74, 6) is 0.191. The molecular weight excluding hydrogens is 314 g/mol. The van der Waals surface area contributed by atoms with Crippen molar-refractivity contribution < 1.29 is 13.2 Å². The van der Waals surface area contributed by atoms with Gasteiger partial charge in [0.15, 0.2) is 0 Å². The van der Waals surface area contributed by atoms with Crippen molar-refractivity contribution in [2.45, 2.75) is 63.8 Å². The fourth-order valence-corrected chi connectivity index (χ4v) is 5.33. The summed E-state index contributed by atoms with van der Waals surface area (Å²) in [4.78, 5) is 12.5. The van der Waals surface area contributed by atoms with Gasteiger partial charge < -0.3 is 11.1 Å². The maximum atomic E-state index is 12.5. The summed E-state index contributed by atoms with van der Waals surface area (Å²) in [7, 11) is -3.15. The number of nitrogens with one attached hydrogen (secondary N) is 1. The van der Waals surface area contributed by atoms with E-state index in [0.29, 0.717) is 38.9 Å². The number of rotatable bonds is 7. The van der Waals surface area contributed by atoms with E-state index in [4.69, 9.17) is 5.73 Å². The summed E-state index contributed by atoms with van der Waals surface area (Å²) >= 11 is 0. The number of hydrogen-bond donors (Lipinski definition) is 2. The summed E-state index contributed by atoms with van der Waals surface area (Å²) in [6.07, 6.45) is 6.94. The fourth-order valence-electron chi connectivity index (χ4n) is 3.65. The first-order chi connectivity index (χ1) is 10.9. The number of carbonyl (C=O) groups is 1. The van der Waals surface area contributed by atoms with E-state index in [2.05, 4.69) is 5.32 Å². The Morgan fingerprint density at radius 3 is 2.39 bits per heavy atom. The van der Waals surface area contributed by atoms with Gasteiger partial charge in [-0.25, -0.2) is 12.7 Å². The lowest BCUT2D eigenvalue weighted by Gasteiger charge is -2.34. The maximum absolute atomic E-state index is 12.5. The molecule has 0 spiro atoms. The molecule has 0 radical (unpaired) electrons. The van der Waals surface area contributed by atoms with Crippen molar-refractivity contribution in [3.8, 4) is 0 Å². The van der Waals surface area contributed by atoms with E-state index in [-0.39, 0.29) is 23.1 Å². The third-order valence-corrected chi connectivity index (χ3v) is 7.27. The topological polar surface area (TPSA) is 92.5 Å². The molecule has 134 valence electrons. The summed E-state index contributed by atoms with van der Waals surface area (Å²) in [5, 5.41) is 3.17. The van der Waals surface area contributed by atoms with Crippen molar-refractivity contribution in [2.75, 3.05) is 25.4 Å². The standard InChI is InChI=1S/C16H31N3O3S/c1-2-3-12-23(21,22)19-10-6-14(7-11-19)15(20)18-16(13-17)8-4-5-9-16/h14H,2-13,17H2,1H3,(H,18,20). The minimum atomic E-state index is -3.15. The van der Waals surface area contributed by atoms with Gasteiger partial charge >= 0.3 is 0 Å². The summed E-state index contributed by atoms with van der Waals surface area (Å²) in [6, 6.07) is 0. The van der Waals surface area contributed by atoms with Crippen LogP contribution in [-0.4, -0.2) is 49.6 Å². The van der Waals surface area contributed by atoms with Crippen molar-refractivity contribution in [2.24, 2.45) is 11.7 Å². The van der Waals surface area contributed by atoms with Crippen molar-refractivity contribution in [3.05, 3.63) is 0 Å². The van der Waals surface area contributed by atoms with Gasteiger partial charge in [0.25, 0.3) is 0 Å². The van der Waals surface area contributed by atoms with E-state index < -0.39 is 10.0 Å². The number of carbonyl (C=O) groups excluding carboxylic acids is 1. The molecule has 2 fully saturated rings. The molecule has 1 saturated heterocycles. The van der Waals surface area contributed by atoms with Gasteiger partial charge in [0, 0.05) is 25.6 Å². The molecule has 0 bridgehead atoms. The largest absolute Gasteiger partial charge is 0.349 e. The van der Waals surface area contributed by atoms with E-state index in [0.717, 1.165) is 32.1 Å². The van der Waals surface area contributed by atoms with Gasteiger partial charge in [-0.2, -0.15) is 0 Å². The maximum Gasteiger partial charge on any atom is 0.223 e. The lowest BCUT2D eigenvalue weighted by atomic mass is 9.93. The average molecular weight is 346 g/mol. The predicted molar refractivity (Wildman–Crippen MR) is 91.4 cm³/mol. The van der Waals surface area contributed by atoms with E-state index in [1.807, 2.05) is 6.92 Å². The third-order valence-electron chi connectivity index (χ3n) is 5.31. The second-order valence-electron chi connectivity index (χ2n) is 7.02. The first-order valence-corrected chi connectivity index (χ1v) is 10.5. The summed E-state index contributed by atoms with van der Waals surface area (Å²) < 4.78 is 26.0. The van der Waals surface area contributed by atoms with Crippen LogP contribution in [0, 0.1) is 5.92 Å². The minimum Gasteiger partial charge on any atom is -0.349 e. The quantitative estimate of drug-likeness (QED) is 0.725. The number of unbranched alkanes of at least 4 members (excludes halogenated alkanes) is 1. The molecule has 0 aromatic carbocycles. The predicted octanol–water partition coefficient (Wildman–Crippen LogP) is 1.22. The van der Waals surface area contributed by atoms with Gasteiger partial charge in [-0.05, 0) is 32.1 Å². The molecule has 0 aromatic heterocycles. The van der Waals surface area contributed by atoms with Gasteiger partial charge in [-0.15, -0.1) is 0 Å². The molecule has 2 aliphatic rings. The van der Waals surface area contributed by atoms with E-state index in [1.54, 1.807) is 4.31 Å². The molecular formula is C16H31N3O3S. The van der Waals surface area contributed by atoms with Crippen molar-refractivity contribution in [3.63, 3.8) is 0 Å². The smallest absolute Gasteiger partial charge is 0.223 e. The zero-order valence-electron chi connectivity index (χ0n) is 14.2. The van der Waals surface area contributed by atoms with Crippen LogP contribution in [0.25, 0.3) is 0 Å². The number of piperidine rings is 1. The number of hydrogen-bond acceptors (Lipinski definition) is 4. The lowest BCUT2D eigenvalue weighted by molar-refractivity contribution is -0.128. The van der Waals surface area contributed by atoms with Crippen LogP contribution in [0.5, 0.6) is 0 Å². The fraction of sp³-hybridized carbons (Fsp3) is 0.938. The SMILES string of the molecule is CCCCS(=O)(=O)N1CCC(C(=O)NC2(CN)CCCC2)CC1. The highest BCUT2D eigenvalue weighted by Gasteiger charge is 2.37. The Balaban J connectivity index is 1.85. The minimum absolute atomic E-state index is 0.0583. The number of sulfonamides is 1. The molecule has 6 nitrogen and oxygen atoms in total. The van der Waals surface area contributed by atoms with Crippen LogP contribution in [0.1, 0.15) is 58.3 Å². The third kappa shape index (κ3) is 4.67. The number of nitrogens with zero attached hydrogens (tertiary/aromatic N) is 1. The Morgan fingerprint density at radius 1 is 1.26 bits per heavy atom. The molecule has 0 aromatic rings. The Bertz CT molecular complexity index is 493. The Hall–Kier alpha value is -0.660. The van der Waals surface area contributed by atoms with E-state index >= 15 is 0 Å². The zero-order chi connectivity index (χ0) is 16.9. The number of nitrogens with two attached hydrogens (primary N) is 1. The Labute approximate surface area is 140 Å². The molecule has 1 aliphatic carbocycles. The molecule has 0 unspecified atom stereocenters. The first-order valence-electron chi connectivity index (χ1n) is 8.92. The summed E-state index contributed by atoms with van der Waals surface area (Å²) in [5.41, 5.74) is 5.65. The average Bonchev–Trinajstić information content (AvgIpc) is 3.02. The molecule has 3 N–H and O–H groups in total. The van der Waals surface area contributed by atoms with Crippen LogP contribution >= 0.6 is 0 Å². The van der Waals surface area contributed by atoms with Gasteiger partial charge in [-0.1, -0.05) is 26.2 Å². The Kier molecular flexibility index (Phi) is 6.45. The lowest BCUT2D eigenvalue weighted by Crippen LogP contribution is -2.54. The van der Waals surface area contributed by atoms with Crippen molar-refractivity contribution in [1.29, 1.82) is 0 Å². The molecule has 1 aliphatic heterocycles. The molecule has 1 heterocycles. The molecule has 1 saturated carbocycles. The van der Waals surface area contributed by atoms with E-state index in [1.165, 1.54) is 0 Å². The monoisotopic (exact) mass is 345 g/mol. The van der Waals surface area contributed by atoms with Gasteiger partial charge in [0.1, 0.15) is 0 Å². The van der Waals surface area contributed by atoms with Crippen LogP contribution in [-0.2, 0) is 14.8 Å². The van der Waals surface area contributed by atoms with Gasteiger partial charge in [0.05, 0.1) is 11.3 Å². The van der Waals surface area contributed by atoms with E-state index in [9.17, 15) is 13.2 Å². The van der Waals surface area contributed by atoms with Crippen LogP contribution in [0.3, 0.4) is 0 Å². The van der Waals surface area contributed by atoms with Crippen LogP contribution in [0.2, 0.25) is 0 Å². The van der Waals surface area contributed by atoms with Crippen molar-refractivity contribution in [1.82, 2.24) is 9.62 Å². The highest BCUT2D eigenvalue weighted by Crippen LogP contribution is 2.30. The van der Waals surface area contributed by atoms with Crippen LogP contribution in [0.15, 0.2) is 0 Å². The molecule has 0 atom stereocenters. The molecule has 23 heavy (non-hydrogen) atoms. The van der Waals surface area contributed by atoms with Crippen LogP contribution in [0.4, 0.5) is 0 Å². The highest BCUT2D eigenvalue weighted by atomic mass is 32.2. The van der Waals surface area contributed by atoms with Crippen molar-refractivity contribution >= 4 is 15.9 Å². The Morgan fingerprint density at radius 2 is 1.87 bits per heavy atom. The first kappa shape index (κ1) is 18.7. The zero-order valence-corrected chi connectivity index (χ0v) is 15.0. The molecule has 7 heteroatoms. The summed E-state index contributed by atoms with van der Waals surface area (Å²) in [6.45, 7) is 3.39. The van der Waals surface area contributed by atoms with Gasteiger partial charge in [0.2, 0.25) is 15.9 Å². The van der Waals surface area contributed by atoms with Gasteiger partial charge in [-0.3, -0.25) is 4.79 Å². The second kappa shape index (κ2) is 7.94.